The maximum atomic E-state index is 12.1. The molecular formula is C12H14BrClINO. The average molecular weight is 431 g/mol. The van der Waals surface area contributed by atoms with Crippen molar-refractivity contribution in [3.8, 4) is 0 Å². The third kappa shape index (κ3) is 4.41. The van der Waals surface area contributed by atoms with Crippen LogP contribution in [0.4, 0.5) is 0 Å². The van der Waals surface area contributed by atoms with E-state index in [0.717, 1.165) is 8.04 Å². The number of hydrogen-bond donors (Lipinski definition) is 1. The number of rotatable bonds is 4. The topological polar surface area (TPSA) is 29.1 Å². The fraction of sp³-hybridized carbons (Fsp3) is 0.417. The molecule has 0 radical (unpaired) electrons. The van der Waals surface area contributed by atoms with Crippen LogP contribution in [0.2, 0.25) is 0 Å². The van der Waals surface area contributed by atoms with E-state index in [1.54, 1.807) is 0 Å². The highest BCUT2D eigenvalue weighted by Crippen LogP contribution is 2.20. The third-order valence-corrected chi connectivity index (χ3v) is 4.48. The molecule has 1 rings (SSSR count). The van der Waals surface area contributed by atoms with Gasteiger partial charge in [-0.3, -0.25) is 4.79 Å². The second kappa shape index (κ2) is 6.95. The second-order valence-corrected chi connectivity index (χ2v) is 6.43. The summed E-state index contributed by atoms with van der Waals surface area (Å²) in [5, 5.41) is 2.96. The van der Waals surface area contributed by atoms with Gasteiger partial charge < -0.3 is 5.32 Å². The van der Waals surface area contributed by atoms with Crippen molar-refractivity contribution in [2.75, 3.05) is 5.88 Å². The average Bonchev–Trinajstić information content (AvgIpc) is 2.30. The van der Waals surface area contributed by atoms with E-state index in [1.165, 1.54) is 0 Å². The molecule has 2 unspecified atom stereocenters. The monoisotopic (exact) mass is 429 g/mol. The van der Waals surface area contributed by atoms with Crippen LogP contribution in [-0.2, 0) is 0 Å². The molecule has 1 aromatic rings. The Bertz CT molecular complexity index is 413. The Kier molecular flexibility index (Phi) is 6.23. The lowest BCUT2D eigenvalue weighted by Gasteiger charge is -2.19. The molecule has 0 aliphatic heterocycles. The largest absolute Gasteiger partial charge is 0.349 e. The fourth-order valence-electron chi connectivity index (χ4n) is 1.23. The maximum Gasteiger partial charge on any atom is 0.252 e. The minimum absolute atomic E-state index is 0.0600. The van der Waals surface area contributed by atoms with Gasteiger partial charge in [0.15, 0.2) is 0 Å². The SMILES string of the molecule is CC(CCl)C(C)NC(=O)c1cc(I)ccc1Br. The van der Waals surface area contributed by atoms with Gasteiger partial charge >= 0.3 is 0 Å². The summed E-state index contributed by atoms with van der Waals surface area (Å²) in [6.45, 7) is 3.98. The van der Waals surface area contributed by atoms with Gasteiger partial charge in [-0.15, -0.1) is 11.6 Å². The molecule has 1 aromatic carbocycles. The Hall–Kier alpha value is 0.190. The van der Waals surface area contributed by atoms with Gasteiger partial charge in [0.1, 0.15) is 0 Å². The summed E-state index contributed by atoms with van der Waals surface area (Å²) in [5.74, 6) is 0.719. The summed E-state index contributed by atoms with van der Waals surface area (Å²) in [5.41, 5.74) is 0.658. The van der Waals surface area contributed by atoms with Crippen LogP contribution in [0.5, 0.6) is 0 Å². The molecule has 0 aliphatic rings. The quantitative estimate of drug-likeness (QED) is 0.567. The summed E-state index contributed by atoms with van der Waals surface area (Å²) >= 11 is 11.3. The molecule has 0 aliphatic carbocycles. The van der Waals surface area contributed by atoms with E-state index in [0.29, 0.717) is 11.4 Å². The van der Waals surface area contributed by atoms with E-state index in [9.17, 15) is 4.79 Å². The number of carbonyl (C=O) groups excluding carboxylic acids is 1. The number of benzene rings is 1. The molecule has 0 saturated carbocycles. The van der Waals surface area contributed by atoms with E-state index in [1.807, 2.05) is 32.0 Å². The highest BCUT2D eigenvalue weighted by molar-refractivity contribution is 14.1. The van der Waals surface area contributed by atoms with E-state index in [-0.39, 0.29) is 17.9 Å². The molecule has 0 saturated heterocycles. The molecule has 2 atom stereocenters. The smallest absolute Gasteiger partial charge is 0.252 e. The van der Waals surface area contributed by atoms with Crippen molar-refractivity contribution < 1.29 is 4.79 Å². The molecule has 0 bridgehead atoms. The van der Waals surface area contributed by atoms with Crippen LogP contribution in [0.25, 0.3) is 0 Å². The van der Waals surface area contributed by atoms with Gasteiger partial charge in [-0.1, -0.05) is 6.92 Å². The Balaban J connectivity index is 2.79. The predicted molar refractivity (Wildman–Crippen MR) is 83.7 cm³/mol. The van der Waals surface area contributed by atoms with Gasteiger partial charge in [0.05, 0.1) is 5.56 Å². The first kappa shape index (κ1) is 15.2. The Morgan fingerprint density at radius 1 is 1.53 bits per heavy atom. The van der Waals surface area contributed by atoms with Gasteiger partial charge in [0.25, 0.3) is 5.91 Å². The zero-order valence-corrected chi connectivity index (χ0v) is 14.1. The fourth-order valence-corrected chi connectivity index (χ4v) is 2.42. The van der Waals surface area contributed by atoms with Crippen molar-refractivity contribution in [3.05, 3.63) is 31.8 Å². The lowest BCUT2D eigenvalue weighted by atomic mass is 10.1. The van der Waals surface area contributed by atoms with Crippen LogP contribution in [-0.4, -0.2) is 17.8 Å². The lowest BCUT2D eigenvalue weighted by molar-refractivity contribution is 0.0930. The van der Waals surface area contributed by atoms with Gasteiger partial charge in [-0.2, -0.15) is 0 Å². The third-order valence-electron chi connectivity index (χ3n) is 2.63. The molecule has 1 amide bonds. The van der Waals surface area contributed by atoms with Crippen LogP contribution in [0.1, 0.15) is 24.2 Å². The van der Waals surface area contributed by atoms with Crippen LogP contribution in [0.3, 0.4) is 0 Å². The molecule has 0 spiro atoms. The first-order valence-corrected chi connectivity index (χ1v) is 7.68. The Morgan fingerprint density at radius 2 is 2.18 bits per heavy atom. The molecule has 0 heterocycles. The first-order chi connectivity index (χ1) is 7.95. The number of halogens is 3. The van der Waals surface area contributed by atoms with E-state index >= 15 is 0 Å². The molecule has 1 N–H and O–H groups in total. The van der Waals surface area contributed by atoms with E-state index in [4.69, 9.17) is 11.6 Å². The molecular weight excluding hydrogens is 416 g/mol. The first-order valence-electron chi connectivity index (χ1n) is 5.27. The predicted octanol–water partition coefficient (Wildman–Crippen LogP) is 4.05. The van der Waals surface area contributed by atoms with Crippen molar-refractivity contribution in [2.24, 2.45) is 5.92 Å². The van der Waals surface area contributed by atoms with Crippen LogP contribution in [0, 0.1) is 9.49 Å². The number of amides is 1. The minimum Gasteiger partial charge on any atom is -0.349 e. The summed E-state index contributed by atoms with van der Waals surface area (Å²) in [6.07, 6.45) is 0. The van der Waals surface area contributed by atoms with Gasteiger partial charge in [-0.05, 0) is 69.6 Å². The van der Waals surface area contributed by atoms with Crippen molar-refractivity contribution >= 4 is 56.0 Å². The van der Waals surface area contributed by atoms with Gasteiger partial charge in [0, 0.05) is 20.0 Å². The number of carbonyl (C=O) groups is 1. The lowest BCUT2D eigenvalue weighted by Crippen LogP contribution is -2.37. The van der Waals surface area contributed by atoms with Crippen LogP contribution in [0.15, 0.2) is 22.7 Å². The second-order valence-electron chi connectivity index (χ2n) is 4.02. The zero-order chi connectivity index (χ0) is 13.0. The maximum absolute atomic E-state index is 12.1. The van der Waals surface area contributed by atoms with Crippen molar-refractivity contribution in [1.29, 1.82) is 0 Å². The Morgan fingerprint density at radius 3 is 2.76 bits per heavy atom. The summed E-state index contributed by atoms with van der Waals surface area (Å²) in [6, 6.07) is 5.75. The molecule has 2 nitrogen and oxygen atoms in total. The molecule has 0 fully saturated rings. The van der Waals surface area contributed by atoms with E-state index in [2.05, 4.69) is 43.8 Å². The van der Waals surface area contributed by atoms with Crippen molar-refractivity contribution in [3.63, 3.8) is 0 Å². The standard InChI is InChI=1S/C12H14BrClINO/c1-7(6-14)8(2)16-12(17)10-5-9(15)3-4-11(10)13/h3-5,7-8H,6H2,1-2H3,(H,16,17). The molecule has 94 valence electrons. The molecule has 17 heavy (non-hydrogen) atoms. The van der Waals surface area contributed by atoms with Crippen LogP contribution >= 0.6 is 50.1 Å². The highest BCUT2D eigenvalue weighted by atomic mass is 127. The molecule has 0 aromatic heterocycles. The minimum atomic E-state index is -0.0696. The number of alkyl halides is 1. The Labute approximate surface area is 129 Å². The summed E-state index contributed by atoms with van der Waals surface area (Å²) < 4.78 is 1.84. The van der Waals surface area contributed by atoms with Crippen molar-refractivity contribution in [2.45, 2.75) is 19.9 Å². The number of nitrogens with one attached hydrogen (secondary N) is 1. The van der Waals surface area contributed by atoms with Gasteiger partial charge in [0.2, 0.25) is 0 Å². The summed E-state index contributed by atoms with van der Waals surface area (Å²) in [7, 11) is 0. The van der Waals surface area contributed by atoms with Crippen LogP contribution < -0.4 is 5.32 Å². The van der Waals surface area contributed by atoms with Gasteiger partial charge in [-0.25, -0.2) is 0 Å². The van der Waals surface area contributed by atoms with E-state index < -0.39 is 0 Å². The highest BCUT2D eigenvalue weighted by Gasteiger charge is 2.16. The normalized spacial score (nSPS) is 14.2. The molecule has 5 heteroatoms. The zero-order valence-electron chi connectivity index (χ0n) is 9.64. The van der Waals surface area contributed by atoms with Crippen molar-refractivity contribution in [1.82, 2.24) is 5.32 Å². The number of hydrogen-bond acceptors (Lipinski definition) is 1. The summed E-state index contributed by atoms with van der Waals surface area (Å²) in [4.78, 5) is 12.1.